The highest BCUT2D eigenvalue weighted by Gasteiger charge is 2.33. The van der Waals surface area contributed by atoms with E-state index in [1.165, 1.54) is 11.1 Å². The van der Waals surface area contributed by atoms with E-state index in [9.17, 15) is 14.4 Å². The number of Topliss-reactive ketones (excluding diaryl/α,β-unsaturated/α-hetero) is 1. The Kier molecular flexibility index (Phi) is 6.00. The van der Waals surface area contributed by atoms with Crippen molar-refractivity contribution in [3.63, 3.8) is 0 Å². The summed E-state index contributed by atoms with van der Waals surface area (Å²) in [6.45, 7) is 3.33. The van der Waals surface area contributed by atoms with Crippen molar-refractivity contribution in [3.05, 3.63) is 66.0 Å². The topological polar surface area (TPSA) is 93.4 Å². The van der Waals surface area contributed by atoms with Crippen molar-refractivity contribution in [3.8, 4) is 0 Å². The maximum absolute atomic E-state index is 12.9. The fourth-order valence-corrected chi connectivity index (χ4v) is 2.66. The lowest BCUT2D eigenvalue weighted by molar-refractivity contribution is -0.123. The molecule has 130 valence electrons. The number of rotatable bonds is 7. The van der Waals surface area contributed by atoms with Gasteiger partial charge in [0.2, 0.25) is 5.91 Å². The number of benzene rings is 1. The highest BCUT2D eigenvalue weighted by molar-refractivity contribution is 6.03. The second-order valence-corrected chi connectivity index (χ2v) is 6.06. The number of ketones is 1. The number of hydrogen-bond donors (Lipinski definition) is 1. The molecule has 2 aromatic rings. The van der Waals surface area contributed by atoms with Crippen LogP contribution in [0.3, 0.4) is 0 Å². The molecule has 0 saturated carbocycles. The standard InChI is InChI=1S/C19H21N3O3/c1-13(2)17(18(20)24)22(19(25)15-9-6-10-21-11-15)12-16(23)14-7-4-3-5-8-14/h3-11,13,17H,12H2,1-2H3,(H2,20,24). The summed E-state index contributed by atoms with van der Waals surface area (Å²) >= 11 is 0. The molecule has 1 atom stereocenters. The highest BCUT2D eigenvalue weighted by Crippen LogP contribution is 2.16. The second kappa shape index (κ2) is 8.19. The van der Waals surface area contributed by atoms with Crippen molar-refractivity contribution in [1.82, 2.24) is 9.88 Å². The molecule has 0 saturated heterocycles. The van der Waals surface area contributed by atoms with E-state index < -0.39 is 17.9 Å². The van der Waals surface area contributed by atoms with Gasteiger partial charge in [-0.2, -0.15) is 0 Å². The van der Waals surface area contributed by atoms with Gasteiger partial charge in [-0.25, -0.2) is 0 Å². The van der Waals surface area contributed by atoms with Crippen LogP contribution in [0.15, 0.2) is 54.9 Å². The maximum atomic E-state index is 12.9. The SMILES string of the molecule is CC(C)C(C(N)=O)N(CC(=O)c1ccccc1)C(=O)c1cccnc1. The van der Waals surface area contributed by atoms with Crippen LogP contribution in [0.25, 0.3) is 0 Å². The molecule has 0 spiro atoms. The highest BCUT2D eigenvalue weighted by atomic mass is 16.2. The first-order chi connectivity index (χ1) is 11.9. The molecule has 2 N–H and O–H groups in total. The lowest BCUT2D eigenvalue weighted by Gasteiger charge is -2.31. The van der Waals surface area contributed by atoms with E-state index in [2.05, 4.69) is 4.98 Å². The molecule has 6 nitrogen and oxygen atoms in total. The predicted molar refractivity (Wildman–Crippen MR) is 93.9 cm³/mol. The van der Waals surface area contributed by atoms with Crippen molar-refractivity contribution in [2.45, 2.75) is 19.9 Å². The Labute approximate surface area is 146 Å². The number of nitrogens with zero attached hydrogens (tertiary/aromatic N) is 2. The van der Waals surface area contributed by atoms with Crippen molar-refractivity contribution < 1.29 is 14.4 Å². The van der Waals surface area contributed by atoms with Gasteiger partial charge in [-0.1, -0.05) is 44.2 Å². The lowest BCUT2D eigenvalue weighted by atomic mass is 9.99. The van der Waals surface area contributed by atoms with Gasteiger partial charge in [0.15, 0.2) is 5.78 Å². The molecule has 0 bridgehead atoms. The van der Waals surface area contributed by atoms with Crippen LogP contribution >= 0.6 is 0 Å². The van der Waals surface area contributed by atoms with Gasteiger partial charge in [-0.3, -0.25) is 19.4 Å². The van der Waals surface area contributed by atoms with Gasteiger partial charge in [0.05, 0.1) is 12.1 Å². The quantitative estimate of drug-likeness (QED) is 0.780. The monoisotopic (exact) mass is 339 g/mol. The minimum Gasteiger partial charge on any atom is -0.368 e. The number of carbonyl (C=O) groups excluding carboxylic acids is 3. The molecule has 1 heterocycles. The summed E-state index contributed by atoms with van der Waals surface area (Å²) in [5.74, 6) is -1.59. The summed E-state index contributed by atoms with van der Waals surface area (Å²) in [6, 6.07) is 11.0. The number of pyridine rings is 1. The van der Waals surface area contributed by atoms with Crippen molar-refractivity contribution in [2.75, 3.05) is 6.54 Å². The van der Waals surface area contributed by atoms with Crippen molar-refractivity contribution in [1.29, 1.82) is 0 Å². The molecule has 0 aliphatic carbocycles. The lowest BCUT2D eigenvalue weighted by Crippen LogP contribution is -2.52. The zero-order valence-corrected chi connectivity index (χ0v) is 14.3. The average molecular weight is 339 g/mol. The Morgan fingerprint density at radius 2 is 1.68 bits per heavy atom. The molecule has 1 aromatic carbocycles. The second-order valence-electron chi connectivity index (χ2n) is 6.06. The molecule has 0 radical (unpaired) electrons. The first-order valence-corrected chi connectivity index (χ1v) is 8.00. The smallest absolute Gasteiger partial charge is 0.256 e. The van der Waals surface area contributed by atoms with Gasteiger partial charge in [0.1, 0.15) is 6.04 Å². The number of nitrogens with two attached hydrogens (primary N) is 1. The first kappa shape index (κ1) is 18.3. The van der Waals surface area contributed by atoms with Crippen LogP contribution in [0.4, 0.5) is 0 Å². The number of hydrogen-bond acceptors (Lipinski definition) is 4. The number of carbonyl (C=O) groups is 3. The number of primary amides is 1. The zero-order valence-electron chi connectivity index (χ0n) is 14.3. The Hall–Kier alpha value is -3.02. The Bertz CT molecular complexity index is 745. The van der Waals surface area contributed by atoms with Crippen LogP contribution in [-0.4, -0.2) is 40.1 Å². The molecular formula is C19H21N3O3. The van der Waals surface area contributed by atoms with E-state index in [1.807, 2.05) is 0 Å². The molecular weight excluding hydrogens is 318 g/mol. The van der Waals surface area contributed by atoms with Gasteiger partial charge in [0.25, 0.3) is 5.91 Å². The minimum atomic E-state index is -0.889. The minimum absolute atomic E-state index is 0.233. The normalized spacial score (nSPS) is 11.8. The summed E-state index contributed by atoms with van der Waals surface area (Å²) < 4.78 is 0. The summed E-state index contributed by atoms with van der Waals surface area (Å²) in [6.07, 6.45) is 2.95. The van der Waals surface area contributed by atoms with E-state index in [0.29, 0.717) is 11.1 Å². The van der Waals surface area contributed by atoms with Gasteiger partial charge >= 0.3 is 0 Å². The molecule has 2 amide bonds. The molecule has 0 fully saturated rings. The molecule has 2 rings (SSSR count). The molecule has 25 heavy (non-hydrogen) atoms. The Morgan fingerprint density at radius 1 is 1.04 bits per heavy atom. The van der Waals surface area contributed by atoms with Crippen molar-refractivity contribution in [2.24, 2.45) is 11.7 Å². The largest absolute Gasteiger partial charge is 0.368 e. The third-order valence-corrected chi connectivity index (χ3v) is 3.84. The van der Waals surface area contributed by atoms with Gasteiger partial charge in [0, 0.05) is 18.0 Å². The summed E-state index contributed by atoms with van der Waals surface area (Å²) in [5, 5.41) is 0. The van der Waals surface area contributed by atoms with Gasteiger partial charge in [-0.15, -0.1) is 0 Å². The summed E-state index contributed by atoms with van der Waals surface area (Å²) in [4.78, 5) is 42.6. The predicted octanol–water partition coefficient (Wildman–Crippen LogP) is 1.92. The zero-order chi connectivity index (χ0) is 18.4. The van der Waals surface area contributed by atoms with Gasteiger partial charge in [-0.05, 0) is 18.1 Å². The molecule has 6 heteroatoms. The van der Waals surface area contributed by atoms with Gasteiger partial charge < -0.3 is 10.6 Å². The van der Waals surface area contributed by atoms with Crippen LogP contribution < -0.4 is 5.73 Å². The number of amides is 2. The van der Waals surface area contributed by atoms with E-state index in [4.69, 9.17) is 5.73 Å². The first-order valence-electron chi connectivity index (χ1n) is 8.00. The molecule has 1 unspecified atom stereocenters. The number of aromatic nitrogens is 1. The van der Waals surface area contributed by atoms with E-state index >= 15 is 0 Å². The summed E-state index contributed by atoms with van der Waals surface area (Å²) in [7, 11) is 0. The maximum Gasteiger partial charge on any atom is 0.256 e. The average Bonchev–Trinajstić information content (AvgIpc) is 2.61. The van der Waals surface area contributed by atoms with Crippen molar-refractivity contribution >= 4 is 17.6 Å². The molecule has 0 aliphatic heterocycles. The molecule has 0 aliphatic rings. The van der Waals surface area contributed by atoms with E-state index in [1.54, 1.807) is 62.5 Å². The Morgan fingerprint density at radius 3 is 2.20 bits per heavy atom. The Balaban J connectivity index is 2.36. The van der Waals surface area contributed by atoms with Crippen LogP contribution in [0.1, 0.15) is 34.6 Å². The van der Waals surface area contributed by atoms with E-state index in [0.717, 1.165) is 0 Å². The van der Waals surface area contributed by atoms with Crippen LogP contribution in [0, 0.1) is 5.92 Å². The van der Waals surface area contributed by atoms with E-state index in [-0.39, 0.29) is 18.2 Å². The fourth-order valence-electron chi connectivity index (χ4n) is 2.66. The summed E-state index contributed by atoms with van der Waals surface area (Å²) in [5.41, 5.74) is 6.28. The molecule has 1 aromatic heterocycles. The third kappa shape index (κ3) is 4.50. The van der Waals surface area contributed by atoms with Crippen LogP contribution in [0.5, 0.6) is 0 Å². The van der Waals surface area contributed by atoms with Crippen LogP contribution in [-0.2, 0) is 4.79 Å². The van der Waals surface area contributed by atoms with Crippen LogP contribution in [0.2, 0.25) is 0 Å². The third-order valence-electron chi connectivity index (χ3n) is 3.84. The fraction of sp³-hybridized carbons (Fsp3) is 0.263.